The van der Waals surface area contributed by atoms with Gasteiger partial charge in [-0.2, -0.15) is 0 Å². The molecule has 98 valence electrons. The number of carbonyl (C=O) groups is 1. The first-order chi connectivity index (χ1) is 7.86. The highest BCUT2D eigenvalue weighted by atomic mass is 16.6. The Kier molecular flexibility index (Phi) is 3.08. The molecule has 5 nitrogen and oxygen atoms in total. The van der Waals surface area contributed by atoms with Crippen LogP contribution in [0.3, 0.4) is 0 Å². The number of aliphatic hydroxyl groups is 1. The van der Waals surface area contributed by atoms with Crippen molar-refractivity contribution in [2.75, 3.05) is 32.8 Å². The van der Waals surface area contributed by atoms with Crippen LogP contribution >= 0.6 is 0 Å². The van der Waals surface area contributed by atoms with E-state index < -0.39 is 5.60 Å². The van der Waals surface area contributed by atoms with Gasteiger partial charge in [-0.05, 0) is 26.7 Å². The highest BCUT2D eigenvalue weighted by Crippen LogP contribution is 2.38. The third-order valence-corrected chi connectivity index (χ3v) is 3.65. The Hall–Kier alpha value is -0.810. The van der Waals surface area contributed by atoms with Crippen LogP contribution in [0.1, 0.15) is 20.8 Å². The molecule has 2 aliphatic heterocycles. The van der Waals surface area contributed by atoms with E-state index in [1.165, 1.54) is 0 Å². The van der Waals surface area contributed by atoms with Crippen molar-refractivity contribution in [3.63, 3.8) is 0 Å². The lowest BCUT2D eigenvalue weighted by Gasteiger charge is -2.27. The van der Waals surface area contributed by atoms with Crippen LogP contribution in [0.2, 0.25) is 0 Å². The number of nitrogens with one attached hydrogen (secondary N) is 1. The van der Waals surface area contributed by atoms with E-state index in [9.17, 15) is 9.90 Å². The fraction of sp³-hybridized carbons (Fsp3) is 0.917. The van der Waals surface area contributed by atoms with Crippen molar-refractivity contribution in [1.82, 2.24) is 10.2 Å². The first kappa shape index (κ1) is 12.6. The Morgan fingerprint density at radius 3 is 2.82 bits per heavy atom. The molecule has 0 unspecified atom stereocenters. The zero-order valence-corrected chi connectivity index (χ0v) is 10.8. The molecular weight excluding hydrogens is 220 g/mol. The fourth-order valence-electron chi connectivity index (χ4n) is 2.71. The summed E-state index contributed by atoms with van der Waals surface area (Å²) in [6, 6.07) is 0. The minimum atomic E-state index is -0.459. The maximum absolute atomic E-state index is 12.0. The number of aliphatic hydroxyl groups excluding tert-OH is 1. The topological polar surface area (TPSA) is 61.8 Å². The van der Waals surface area contributed by atoms with Crippen LogP contribution in [0.25, 0.3) is 0 Å². The average Bonchev–Trinajstić information content (AvgIpc) is 2.70. The minimum Gasteiger partial charge on any atom is -0.444 e. The molecule has 2 N–H and O–H groups in total. The molecule has 1 amide bonds. The van der Waals surface area contributed by atoms with Gasteiger partial charge in [-0.3, -0.25) is 0 Å². The molecule has 2 heterocycles. The highest BCUT2D eigenvalue weighted by Gasteiger charge is 2.51. The molecule has 0 aliphatic carbocycles. The van der Waals surface area contributed by atoms with E-state index in [1.54, 1.807) is 4.90 Å². The van der Waals surface area contributed by atoms with Gasteiger partial charge < -0.3 is 20.1 Å². The molecule has 0 bridgehead atoms. The van der Waals surface area contributed by atoms with Crippen molar-refractivity contribution in [2.45, 2.75) is 26.4 Å². The van der Waals surface area contributed by atoms with Crippen molar-refractivity contribution in [1.29, 1.82) is 0 Å². The Labute approximate surface area is 102 Å². The van der Waals surface area contributed by atoms with Crippen LogP contribution in [-0.4, -0.2) is 54.5 Å². The molecule has 5 heteroatoms. The van der Waals surface area contributed by atoms with Gasteiger partial charge in [0.25, 0.3) is 0 Å². The van der Waals surface area contributed by atoms with Gasteiger partial charge in [0.2, 0.25) is 0 Å². The smallest absolute Gasteiger partial charge is 0.410 e. The number of carbonyl (C=O) groups excluding carboxylic acids is 1. The van der Waals surface area contributed by atoms with E-state index in [0.29, 0.717) is 19.0 Å². The highest BCUT2D eigenvalue weighted by molar-refractivity contribution is 5.68. The number of ether oxygens (including phenoxy) is 1. The summed E-state index contributed by atoms with van der Waals surface area (Å²) in [7, 11) is 0. The molecule has 2 atom stereocenters. The molecule has 0 aromatic carbocycles. The Bertz CT molecular complexity index is 313. The first-order valence-corrected chi connectivity index (χ1v) is 6.16. The maximum atomic E-state index is 12.0. The van der Waals surface area contributed by atoms with Crippen LogP contribution in [0, 0.1) is 11.3 Å². The van der Waals surface area contributed by atoms with E-state index in [2.05, 4.69) is 5.32 Å². The van der Waals surface area contributed by atoms with Crippen molar-refractivity contribution in [3.8, 4) is 0 Å². The van der Waals surface area contributed by atoms with Crippen molar-refractivity contribution >= 4 is 6.09 Å². The van der Waals surface area contributed by atoms with Crippen LogP contribution in [-0.2, 0) is 4.74 Å². The summed E-state index contributed by atoms with van der Waals surface area (Å²) in [5, 5.41) is 12.8. The van der Waals surface area contributed by atoms with E-state index in [0.717, 1.165) is 13.1 Å². The molecule has 0 aromatic rings. The second-order valence-corrected chi connectivity index (χ2v) is 6.21. The predicted octanol–water partition coefficient (Wildman–Crippen LogP) is 0.435. The number of nitrogens with zero attached hydrogens (tertiary/aromatic N) is 1. The Morgan fingerprint density at radius 1 is 1.59 bits per heavy atom. The van der Waals surface area contributed by atoms with Crippen molar-refractivity contribution < 1.29 is 14.6 Å². The molecule has 0 spiro atoms. The van der Waals surface area contributed by atoms with Gasteiger partial charge in [0, 0.05) is 31.6 Å². The molecule has 2 saturated heterocycles. The van der Waals surface area contributed by atoms with Gasteiger partial charge >= 0.3 is 6.09 Å². The van der Waals surface area contributed by atoms with E-state index in [-0.39, 0.29) is 18.1 Å². The third kappa shape index (κ3) is 2.40. The zero-order valence-electron chi connectivity index (χ0n) is 10.8. The minimum absolute atomic E-state index is 0.129. The average molecular weight is 242 g/mol. The summed E-state index contributed by atoms with van der Waals surface area (Å²) in [6.07, 6.45) is -0.264. The summed E-state index contributed by atoms with van der Waals surface area (Å²) in [6.45, 7) is 8.66. The lowest BCUT2D eigenvalue weighted by atomic mass is 9.82. The van der Waals surface area contributed by atoms with Gasteiger partial charge in [0.15, 0.2) is 0 Å². The Balaban J connectivity index is 2.00. The van der Waals surface area contributed by atoms with Crippen LogP contribution in [0.15, 0.2) is 0 Å². The Morgan fingerprint density at radius 2 is 2.29 bits per heavy atom. The quantitative estimate of drug-likeness (QED) is 0.700. The molecule has 0 saturated carbocycles. The second-order valence-electron chi connectivity index (χ2n) is 6.21. The van der Waals surface area contributed by atoms with E-state index in [1.807, 2.05) is 20.8 Å². The SMILES string of the molecule is CC(C)(C)OC(=O)N1C[C@@H]2CNC[C@]2(CO)C1. The molecule has 0 radical (unpaired) electrons. The molecule has 2 aliphatic rings. The number of fused-ring (bicyclic) bond motifs is 1. The summed E-state index contributed by atoms with van der Waals surface area (Å²) >= 11 is 0. The maximum Gasteiger partial charge on any atom is 0.410 e. The van der Waals surface area contributed by atoms with Crippen LogP contribution in [0.4, 0.5) is 4.79 Å². The molecule has 0 aromatic heterocycles. The van der Waals surface area contributed by atoms with Crippen LogP contribution in [0.5, 0.6) is 0 Å². The van der Waals surface area contributed by atoms with Gasteiger partial charge in [-0.25, -0.2) is 4.79 Å². The predicted molar refractivity (Wildman–Crippen MR) is 63.7 cm³/mol. The number of amides is 1. The van der Waals surface area contributed by atoms with E-state index >= 15 is 0 Å². The summed E-state index contributed by atoms with van der Waals surface area (Å²) in [4.78, 5) is 13.7. The lowest BCUT2D eigenvalue weighted by Crippen LogP contribution is -2.40. The first-order valence-electron chi connectivity index (χ1n) is 6.16. The van der Waals surface area contributed by atoms with Crippen molar-refractivity contribution in [2.24, 2.45) is 11.3 Å². The van der Waals surface area contributed by atoms with Gasteiger partial charge in [-0.15, -0.1) is 0 Å². The monoisotopic (exact) mass is 242 g/mol. The van der Waals surface area contributed by atoms with Crippen LogP contribution < -0.4 is 5.32 Å². The second kappa shape index (κ2) is 4.14. The van der Waals surface area contributed by atoms with E-state index in [4.69, 9.17) is 4.74 Å². The fourth-order valence-corrected chi connectivity index (χ4v) is 2.71. The third-order valence-electron chi connectivity index (χ3n) is 3.65. The molecule has 2 rings (SSSR count). The van der Waals surface area contributed by atoms with Gasteiger partial charge in [0.1, 0.15) is 5.60 Å². The summed E-state index contributed by atoms with van der Waals surface area (Å²) in [5.74, 6) is 0.347. The van der Waals surface area contributed by atoms with Crippen molar-refractivity contribution in [3.05, 3.63) is 0 Å². The summed E-state index contributed by atoms with van der Waals surface area (Å²) < 4.78 is 5.36. The molecule has 2 fully saturated rings. The number of likely N-dealkylation sites (tertiary alicyclic amines) is 1. The van der Waals surface area contributed by atoms with Gasteiger partial charge in [-0.1, -0.05) is 0 Å². The van der Waals surface area contributed by atoms with Gasteiger partial charge in [0.05, 0.1) is 6.61 Å². The molecule has 17 heavy (non-hydrogen) atoms. The lowest BCUT2D eigenvalue weighted by molar-refractivity contribution is 0.0256. The number of rotatable bonds is 1. The largest absolute Gasteiger partial charge is 0.444 e. The number of hydrogen-bond acceptors (Lipinski definition) is 4. The summed E-state index contributed by atoms with van der Waals surface area (Å²) in [5.41, 5.74) is -0.615. The number of hydrogen-bond donors (Lipinski definition) is 2. The molecular formula is C12H22N2O3. The standard InChI is InChI=1S/C12H22N2O3/c1-11(2,3)17-10(16)14-5-9-4-13-6-12(9,7-14)8-15/h9,13,15H,4-8H2,1-3H3/t9-,12+/m0/s1. The normalized spacial score (nSPS) is 32.7. The zero-order chi connectivity index (χ0) is 12.7.